The van der Waals surface area contributed by atoms with Crippen molar-refractivity contribution in [2.24, 2.45) is 0 Å². The molecule has 1 heterocycles. The van der Waals surface area contributed by atoms with Crippen molar-refractivity contribution in [3.05, 3.63) is 99.5 Å². The van der Waals surface area contributed by atoms with Crippen LogP contribution >= 0.6 is 23.2 Å². The minimum atomic E-state index is -0.951. The highest BCUT2D eigenvalue weighted by molar-refractivity contribution is 6.35. The van der Waals surface area contributed by atoms with Crippen LogP contribution in [-0.4, -0.2) is 33.3 Å². The number of hydrogen-bond acceptors (Lipinski definition) is 3. The van der Waals surface area contributed by atoms with Crippen LogP contribution in [0.2, 0.25) is 10.0 Å². The molecule has 2 N–H and O–H groups in total. The van der Waals surface area contributed by atoms with Gasteiger partial charge in [-0.2, -0.15) is 5.10 Å². The number of halogens is 2. The molecule has 1 aromatic heterocycles. The highest BCUT2D eigenvalue weighted by atomic mass is 35.5. The molecule has 8 heteroatoms. The van der Waals surface area contributed by atoms with E-state index in [1.165, 1.54) is 37.7 Å². The summed E-state index contributed by atoms with van der Waals surface area (Å²) in [6.07, 6.45) is 6.31. The highest BCUT2D eigenvalue weighted by Gasteiger charge is 2.20. The summed E-state index contributed by atoms with van der Waals surface area (Å²) in [6.45, 7) is 2.16. The van der Waals surface area contributed by atoms with Crippen molar-refractivity contribution in [3.8, 4) is 22.5 Å². The molecule has 0 radical (unpaired) electrons. The first-order chi connectivity index (χ1) is 19.8. The van der Waals surface area contributed by atoms with Gasteiger partial charge in [-0.1, -0.05) is 78.9 Å². The van der Waals surface area contributed by atoms with Crippen LogP contribution in [0.3, 0.4) is 0 Å². The number of benzene rings is 3. The van der Waals surface area contributed by atoms with Gasteiger partial charge in [0.05, 0.1) is 23.9 Å². The van der Waals surface area contributed by atoms with Gasteiger partial charge < -0.3 is 10.4 Å². The Bertz CT molecular complexity index is 1500. The maximum atomic E-state index is 12.4. The lowest BCUT2D eigenvalue weighted by Crippen LogP contribution is -2.26. The zero-order chi connectivity index (χ0) is 28.9. The molecule has 212 valence electrons. The molecule has 6 nitrogen and oxygen atoms in total. The Labute approximate surface area is 250 Å². The van der Waals surface area contributed by atoms with Gasteiger partial charge in [0.25, 0.3) is 5.91 Å². The summed E-state index contributed by atoms with van der Waals surface area (Å²) in [5, 5.41) is 17.6. The lowest BCUT2D eigenvalue weighted by atomic mass is 9.84. The van der Waals surface area contributed by atoms with Crippen LogP contribution in [0, 0.1) is 0 Å². The number of aliphatic carboxylic acids is 1. The van der Waals surface area contributed by atoms with E-state index in [-0.39, 0.29) is 24.9 Å². The summed E-state index contributed by atoms with van der Waals surface area (Å²) in [5.41, 5.74) is 6.48. The maximum absolute atomic E-state index is 12.4. The van der Waals surface area contributed by atoms with Crippen molar-refractivity contribution in [1.29, 1.82) is 0 Å². The number of hydrogen-bond donors (Lipinski definition) is 2. The Kier molecular flexibility index (Phi) is 9.11. The quantitative estimate of drug-likeness (QED) is 0.205. The van der Waals surface area contributed by atoms with Crippen molar-refractivity contribution in [1.82, 2.24) is 15.1 Å². The number of nitrogens with one attached hydrogen (secondary N) is 1. The lowest BCUT2D eigenvalue weighted by Gasteiger charge is -2.22. The van der Waals surface area contributed by atoms with Gasteiger partial charge in [0.2, 0.25) is 0 Å². The number of carbonyl (C=O) groups excluding carboxylic acids is 1. The van der Waals surface area contributed by atoms with Crippen LogP contribution in [0.25, 0.3) is 22.5 Å². The Balaban J connectivity index is 1.46. The van der Waals surface area contributed by atoms with Crippen LogP contribution in [0.5, 0.6) is 0 Å². The van der Waals surface area contributed by atoms with Crippen LogP contribution in [0.1, 0.15) is 78.9 Å². The van der Waals surface area contributed by atoms with Crippen molar-refractivity contribution in [3.63, 3.8) is 0 Å². The average Bonchev–Trinajstić information content (AvgIpc) is 3.42. The van der Waals surface area contributed by atoms with Crippen LogP contribution in [0.15, 0.2) is 72.8 Å². The van der Waals surface area contributed by atoms with Crippen LogP contribution in [0.4, 0.5) is 0 Å². The predicted molar refractivity (Wildman–Crippen MR) is 164 cm³/mol. The number of carboxylic acid groups (broad SMARTS) is 1. The van der Waals surface area contributed by atoms with Gasteiger partial charge in [0, 0.05) is 27.7 Å². The van der Waals surface area contributed by atoms with E-state index in [4.69, 9.17) is 33.4 Å². The lowest BCUT2D eigenvalue weighted by molar-refractivity contribution is -0.136. The first-order valence-corrected chi connectivity index (χ1v) is 14.8. The minimum absolute atomic E-state index is 0.0821. The van der Waals surface area contributed by atoms with E-state index in [0.717, 1.165) is 28.1 Å². The van der Waals surface area contributed by atoms with Crippen molar-refractivity contribution < 1.29 is 14.7 Å². The molecule has 0 bridgehead atoms. The SMILES string of the molecule is CC(c1ccc(C(=O)NCCC(=O)O)cc1)n1nc(-c2cc(Cl)cc(Cl)c2)cc1-c1ccc(C2CCCCC2)cc1. The molecule has 41 heavy (non-hydrogen) atoms. The number of aromatic nitrogens is 2. The first-order valence-electron chi connectivity index (χ1n) is 14.0. The molecule has 0 saturated heterocycles. The standard InChI is InChI=1S/C33H33Cl2N3O3/c1-21(22-7-13-26(14-8-22)33(41)36-16-15-32(39)40)38-31(20-30(37-38)27-17-28(34)19-29(35)18-27)25-11-9-24(10-12-25)23-5-3-2-4-6-23/h7-14,17-21,23H,2-6,15-16H2,1H3,(H,36,41)(H,39,40). The van der Waals surface area contributed by atoms with Gasteiger partial charge in [-0.3, -0.25) is 14.3 Å². The van der Waals surface area contributed by atoms with Crippen LogP contribution < -0.4 is 5.32 Å². The van der Waals surface area contributed by atoms with Gasteiger partial charge in [-0.25, -0.2) is 0 Å². The minimum Gasteiger partial charge on any atom is -0.481 e. The molecule has 5 rings (SSSR count). The molecule has 1 aliphatic carbocycles. The van der Waals surface area contributed by atoms with E-state index in [1.54, 1.807) is 18.2 Å². The third kappa shape index (κ3) is 7.00. The molecule has 1 fully saturated rings. The van der Waals surface area contributed by atoms with E-state index in [9.17, 15) is 9.59 Å². The van der Waals surface area contributed by atoms with Crippen molar-refractivity contribution in [2.45, 2.75) is 57.4 Å². The highest BCUT2D eigenvalue weighted by Crippen LogP contribution is 2.36. The van der Waals surface area contributed by atoms with Crippen molar-refractivity contribution >= 4 is 35.1 Å². The second-order valence-corrected chi connectivity index (χ2v) is 11.5. The van der Waals surface area contributed by atoms with Gasteiger partial charge in [0.15, 0.2) is 0 Å². The molecule has 0 aliphatic heterocycles. The Morgan fingerprint density at radius 2 is 1.59 bits per heavy atom. The second kappa shape index (κ2) is 12.9. The molecule has 1 amide bonds. The van der Waals surface area contributed by atoms with E-state index in [1.807, 2.05) is 28.9 Å². The largest absolute Gasteiger partial charge is 0.481 e. The first kappa shape index (κ1) is 28.9. The number of carboxylic acids is 1. The molecule has 1 saturated carbocycles. The average molecular weight is 591 g/mol. The normalized spacial score (nSPS) is 14.5. The number of rotatable bonds is 9. The summed E-state index contributed by atoms with van der Waals surface area (Å²) in [7, 11) is 0. The van der Waals surface area contributed by atoms with Gasteiger partial charge in [-0.05, 0) is 78.8 Å². The molecule has 1 aliphatic rings. The number of nitrogens with zero attached hydrogens (tertiary/aromatic N) is 2. The van der Waals surface area contributed by atoms with Crippen molar-refractivity contribution in [2.75, 3.05) is 6.54 Å². The maximum Gasteiger partial charge on any atom is 0.305 e. The second-order valence-electron chi connectivity index (χ2n) is 10.7. The fourth-order valence-corrected chi connectivity index (χ4v) is 6.08. The smallest absolute Gasteiger partial charge is 0.305 e. The van der Waals surface area contributed by atoms with E-state index < -0.39 is 5.97 Å². The number of amides is 1. The molecule has 1 atom stereocenters. The summed E-state index contributed by atoms with van der Waals surface area (Å²) in [6, 6.07) is 23.5. The topological polar surface area (TPSA) is 84.2 Å². The van der Waals surface area contributed by atoms with Gasteiger partial charge >= 0.3 is 5.97 Å². The van der Waals surface area contributed by atoms with E-state index in [0.29, 0.717) is 21.5 Å². The third-order valence-electron chi connectivity index (χ3n) is 7.82. The summed E-state index contributed by atoms with van der Waals surface area (Å²) in [5.74, 6) is -0.624. The fraction of sp³-hybridized carbons (Fsp3) is 0.303. The summed E-state index contributed by atoms with van der Waals surface area (Å²) >= 11 is 12.6. The summed E-state index contributed by atoms with van der Waals surface area (Å²) < 4.78 is 2.00. The Morgan fingerprint density at radius 3 is 2.22 bits per heavy atom. The zero-order valence-electron chi connectivity index (χ0n) is 22.9. The van der Waals surface area contributed by atoms with E-state index in [2.05, 4.69) is 42.6 Å². The molecule has 1 unspecified atom stereocenters. The molecular formula is C33H33Cl2N3O3. The van der Waals surface area contributed by atoms with E-state index >= 15 is 0 Å². The predicted octanol–water partition coefficient (Wildman–Crippen LogP) is 8.39. The molecule has 0 spiro atoms. The number of carbonyl (C=O) groups is 2. The molecule has 3 aromatic carbocycles. The van der Waals surface area contributed by atoms with Crippen LogP contribution in [-0.2, 0) is 4.79 Å². The Morgan fingerprint density at radius 1 is 0.927 bits per heavy atom. The molecular weight excluding hydrogens is 557 g/mol. The Hall–Kier alpha value is -3.61. The third-order valence-corrected chi connectivity index (χ3v) is 8.26. The summed E-state index contributed by atoms with van der Waals surface area (Å²) in [4.78, 5) is 23.2. The van der Waals surface area contributed by atoms with Gasteiger partial charge in [-0.15, -0.1) is 0 Å². The zero-order valence-corrected chi connectivity index (χ0v) is 24.5. The monoisotopic (exact) mass is 589 g/mol. The van der Waals surface area contributed by atoms with Gasteiger partial charge in [0.1, 0.15) is 0 Å². The molecule has 4 aromatic rings. The fourth-order valence-electron chi connectivity index (χ4n) is 5.55.